The van der Waals surface area contributed by atoms with E-state index in [1.807, 2.05) is 43.7 Å². The van der Waals surface area contributed by atoms with Gasteiger partial charge in [-0.3, -0.25) is 9.71 Å². The van der Waals surface area contributed by atoms with Gasteiger partial charge < -0.3 is 16.0 Å². The van der Waals surface area contributed by atoms with E-state index in [1.165, 1.54) is 11.1 Å². The highest BCUT2D eigenvalue weighted by molar-refractivity contribution is 7.97. The van der Waals surface area contributed by atoms with E-state index in [-0.39, 0.29) is 0 Å². The molecule has 0 fully saturated rings. The zero-order chi connectivity index (χ0) is 21.7. The van der Waals surface area contributed by atoms with Crippen molar-refractivity contribution in [3.8, 4) is 0 Å². The fourth-order valence-corrected chi connectivity index (χ4v) is 3.57. The Kier molecular flexibility index (Phi) is 9.16. The van der Waals surface area contributed by atoms with Crippen LogP contribution in [-0.4, -0.2) is 30.0 Å². The molecule has 0 aliphatic carbocycles. The molecule has 1 aromatic heterocycles. The third-order valence-electron chi connectivity index (χ3n) is 4.69. The number of hydrogen-bond donors (Lipinski definition) is 4. The summed E-state index contributed by atoms with van der Waals surface area (Å²) in [5.74, 6) is 0.942. The van der Waals surface area contributed by atoms with E-state index in [9.17, 15) is 0 Å². The fraction of sp³-hybridized carbons (Fsp3) is 0.200. The van der Waals surface area contributed by atoms with Crippen LogP contribution >= 0.6 is 11.9 Å². The van der Waals surface area contributed by atoms with Gasteiger partial charge in [-0.1, -0.05) is 54.4 Å². The number of anilines is 1. The third-order valence-corrected chi connectivity index (χ3v) is 5.38. The molecule has 160 valence electrons. The molecule has 0 radical (unpaired) electrons. The molecule has 31 heavy (non-hydrogen) atoms. The lowest BCUT2D eigenvalue weighted by atomic mass is 9.99. The van der Waals surface area contributed by atoms with E-state index in [0.29, 0.717) is 12.3 Å². The quantitative estimate of drug-likeness (QED) is 0.191. The molecule has 0 saturated heterocycles. The first kappa shape index (κ1) is 22.6. The van der Waals surface area contributed by atoms with Crippen molar-refractivity contribution in [3.05, 3.63) is 108 Å². The van der Waals surface area contributed by atoms with Crippen LogP contribution in [0.5, 0.6) is 0 Å². The van der Waals surface area contributed by atoms with Crippen LogP contribution in [0.2, 0.25) is 0 Å². The van der Waals surface area contributed by atoms with Crippen LogP contribution in [0.25, 0.3) is 0 Å². The van der Waals surface area contributed by atoms with Gasteiger partial charge in [0.2, 0.25) is 0 Å². The van der Waals surface area contributed by atoms with Gasteiger partial charge in [0, 0.05) is 42.5 Å². The number of benzene rings is 2. The first-order chi connectivity index (χ1) is 15.3. The molecule has 0 saturated carbocycles. The minimum atomic E-state index is 0.470. The highest BCUT2D eigenvalue weighted by atomic mass is 32.2. The van der Waals surface area contributed by atoms with Crippen molar-refractivity contribution in [1.29, 1.82) is 5.41 Å². The lowest BCUT2D eigenvalue weighted by molar-refractivity contribution is 0.864. The number of rotatable bonds is 12. The second-order valence-electron chi connectivity index (χ2n) is 7.01. The molecule has 4 N–H and O–H groups in total. The number of allylic oxidation sites excluding steroid dienone is 1. The number of hydrogen-bond acceptors (Lipinski definition) is 6. The molecule has 5 nitrogen and oxygen atoms in total. The summed E-state index contributed by atoms with van der Waals surface area (Å²) in [7, 11) is 1.92. The van der Waals surface area contributed by atoms with Crippen LogP contribution < -0.4 is 15.4 Å². The molecule has 0 aliphatic heterocycles. The van der Waals surface area contributed by atoms with Gasteiger partial charge in [-0.15, -0.1) is 0 Å². The highest BCUT2D eigenvalue weighted by Crippen LogP contribution is 2.21. The topological polar surface area (TPSA) is 72.8 Å². The highest BCUT2D eigenvalue weighted by Gasteiger charge is 2.08. The minimum absolute atomic E-state index is 0.470. The van der Waals surface area contributed by atoms with Gasteiger partial charge in [0.25, 0.3) is 0 Å². The van der Waals surface area contributed by atoms with E-state index in [2.05, 4.69) is 62.8 Å². The average molecular weight is 432 g/mol. The van der Waals surface area contributed by atoms with Crippen molar-refractivity contribution in [2.24, 2.45) is 0 Å². The summed E-state index contributed by atoms with van der Waals surface area (Å²) in [6, 6.07) is 20.7. The first-order valence-electron chi connectivity index (χ1n) is 10.3. The van der Waals surface area contributed by atoms with E-state index < -0.39 is 0 Å². The summed E-state index contributed by atoms with van der Waals surface area (Å²) in [6.07, 6.45) is 8.09. The molecule has 0 bridgehead atoms. The second kappa shape index (κ2) is 12.6. The lowest BCUT2D eigenvalue weighted by Crippen LogP contribution is -2.11. The normalized spacial score (nSPS) is 10.9. The molecule has 1 heterocycles. The predicted molar refractivity (Wildman–Crippen MR) is 133 cm³/mol. The molecule has 0 unspecified atom stereocenters. The number of nitrogens with zero attached hydrogens (tertiary/aromatic N) is 1. The van der Waals surface area contributed by atoms with E-state index >= 15 is 0 Å². The van der Waals surface area contributed by atoms with E-state index in [1.54, 1.807) is 18.1 Å². The third kappa shape index (κ3) is 7.59. The monoisotopic (exact) mass is 431 g/mol. The summed E-state index contributed by atoms with van der Waals surface area (Å²) in [6.45, 7) is 1.50. The molecular formula is C25H29N5S. The minimum Gasteiger partial charge on any atom is -0.387 e. The van der Waals surface area contributed by atoms with Crippen LogP contribution in [0.1, 0.15) is 22.3 Å². The van der Waals surface area contributed by atoms with Gasteiger partial charge in [0.1, 0.15) is 0 Å². The Hall–Kier alpha value is -3.09. The van der Waals surface area contributed by atoms with Crippen molar-refractivity contribution in [3.63, 3.8) is 0 Å². The number of pyridine rings is 1. The molecular weight excluding hydrogens is 402 g/mol. The predicted octanol–water partition coefficient (Wildman–Crippen LogP) is 4.62. The molecule has 0 amide bonds. The lowest BCUT2D eigenvalue weighted by Gasteiger charge is -2.14. The Labute approximate surface area is 189 Å². The summed E-state index contributed by atoms with van der Waals surface area (Å²) in [5.41, 5.74) is 5.92. The van der Waals surface area contributed by atoms with Crippen molar-refractivity contribution in [2.75, 3.05) is 24.7 Å². The summed E-state index contributed by atoms with van der Waals surface area (Å²) >= 11 is 1.67. The Morgan fingerprint density at radius 2 is 1.87 bits per heavy atom. The molecule has 6 heteroatoms. The molecule has 0 spiro atoms. The maximum absolute atomic E-state index is 8.65. The van der Waals surface area contributed by atoms with Crippen LogP contribution in [0.15, 0.2) is 85.3 Å². The number of nitrogens with one attached hydrogen (secondary N) is 4. The zero-order valence-corrected chi connectivity index (χ0v) is 18.6. The zero-order valence-electron chi connectivity index (χ0n) is 17.8. The van der Waals surface area contributed by atoms with E-state index in [4.69, 9.17) is 5.41 Å². The van der Waals surface area contributed by atoms with Gasteiger partial charge in [-0.05, 0) is 60.6 Å². The van der Waals surface area contributed by atoms with Crippen LogP contribution in [0.3, 0.4) is 0 Å². The first-order valence-corrected chi connectivity index (χ1v) is 11.3. The van der Waals surface area contributed by atoms with Gasteiger partial charge in [-0.25, -0.2) is 0 Å². The summed E-state index contributed by atoms with van der Waals surface area (Å²) in [4.78, 5) is 4.12. The summed E-state index contributed by atoms with van der Waals surface area (Å²) in [5, 5.41) is 15.4. The van der Waals surface area contributed by atoms with Crippen molar-refractivity contribution in [2.45, 2.75) is 13.0 Å². The second-order valence-corrected chi connectivity index (χ2v) is 8.12. The van der Waals surface area contributed by atoms with Crippen LogP contribution in [0.4, 0.5) is 5.69 Å². The molecule has 3 rings (SSSR count). The smallest absolute Gasteiger partial charge is 0.0647 e. The molecule has 0 aliphatic rings. The Bertz CT molecular complexity index is 974. The Morgan fingerprint density at radius 3 is 2.65 bits per heavy atom. The van der Waals surface area contributed by atoms with Crippen molar-refractivity contribution in [1.82, 2.24) is 15.0 Å². The average Bonchev–Trinajstić information content (AvgIpc) is 2.81. The Balaban J connectivity index is 1.70. The van der Waals surface area contributed by atoms with Crippen molar-refractivity contribution < 1.29 is 0 Å². The van der Waals surface area contributed by atoms with Gasteiger partial charge in [0.15, 0.2) is 0 Å². The Morgan fingerprint density at radius 1 is 1.03 bits per heavy atom. The molecule has 0 atom stereocenters. The maximum atomic E-state index is 8.65. The molecule has 3 aromatic rings. The van der Waals surface area contributed by atoms with E-state index in [0.717, 1.165) is 35.5 Å². The van der Waals surface area contributed by atoms with Crippen LogP contribution in [-0.2, 0) is 13.0 Å². The molecule has 2 aromatic carbocycles. The van der Waals surface area contributed by atoms with Gasteiger partial charge in [-0.2, -0.15) is 0 Å². The summed E-state index contributed by atoms with van der Waals surface area (Å²) < 4.78 is 3.09. The largest absolute Gasteiger partial charge is 0.387 e. The van der Waals surface area contributed by atoms with Crippen molar-refractivity contribution >= 4 is 23.3 Å². The van der Waals surface area contributed by atoms with Crippen LogP contribution in [0, 0.1) is 5.41 Å². The maximum Gasteiger partial charge on any atom is 0.0647 e. The van der Waals surface area contributed by atoms with Gasteiger partial charge >= 0.3 is 0 Å². The fourth-order valence-electron chi connectivity index (χ4n) is 3.16. The van der Waals surface area contributed by atoms with Gasteiger partial charge in [0.05, 0.1) is 5.71 Å². The number of aromatic nitrogens is 1. The SMILES string of the molecule is CNSCCNc1ccc(Cc2ccccc2)cc1C(=N)/C=C\NCc1cccnc1. The standard InChI is InChI=1S/C25H29N5S/c1-27-31-15-14-30-25-10-9-21(16-20-6-3-2-4-7-20)17-23(25)24(26)11-13-29-19-22-8-5-12-28-18-22/h2-13,17-18,26-27,29-30H,14-16,19H2,1H3/b13-11-,26-24?.